The van der Waals surface area contributed by atoms with Gasteiger partial charge in [-0.3, -0.25) is 0 Å². The Labute approximate surface area is 79.4 Å². The highest BCUT2D eigenvalue weighted by Gasteiger charge is 2.66. The van der Waals surface area contributed by atoms with Crippen LogP contribution in [0.25, 0.3) is 0 Å². The smallest absolute Gasteiger partial charge is 0.218 e. The van der Waals surface area contributed by atoms with Crippen molar-refractivity contribution in [3.8, 4) is 0 Å². The first-order valence-electron chi connectivity index (χ1n) is 4.33. The number of hydrogen-bond acceptors (Lipinski definition) is 4. The summed E-state index contributed by atoms with van der Waals surface area (Å²) in [5.41, 5.74) is 0. The Kier molecular flexibility index (Phi) is 2.01. The van der Waals surface area contributed by atoms with Gasteiger partial charge >= 0.3 is 23.6 Å². The molecule has 72 valence electrons. The van der Waals surface area contributed by atoms with E-state index in [0.717, 1.165) is 0 Å². The summed E-state index contributed by atoms with van der Waals surface area (Å²) < 4.78 is 0. The van der Waals surface area contributed by atoms with Crippen LogP contribution in [0.1, 0.15) is 25.7 Å². The Morgan fingerprint density at radius 2 is 0.786 bits per heavy atom. The summed E-state index contributed by atoms with van der Waals surface area (Å²) in [5, 5.41) is 1.36. The Balaban J connectivity index is 2.29. The van der Waals surface area contributed by atoms with Crippen molar-refractivity contribution < 1.29 is 19.2 Å². The van der Waals surface area contributed by atoms with Crippen molar-refractivity contribution in [2.24, 2.45) is 0 Å². The zero-order valence-electron chi connectivity index (χ0n) is 7.36. The van der Waals surface area contributed by atoms with Crippen LogP contribution in [-0.2, 0) is 19.2 Å². The number of hydrazine groups is 1. The van der Waals surface area contributed by atoms with Crippen molar-refractivity contribution in [2.45, 2.75) is 25.7 Å². The van der Waals surface area contributed by atoms with E-state index in [1.54, 1.807) is 0 Å². The maximum absolute atomic E-state index is 11.2. The fraction of sp³-hybridized carbons (Fsp3) is 0.500. The molecule has 2 radical (unpaired) electrons. The lowest BCUT2D eigenvalue weighted by Gasteiger charge is -1.93. The van der Waals surface area contributed by atoms with Gasteiger partial charge in [0.1, 0.15) is 0 Å². The van der Waals surface area contributed by atoms with Gasteiger partial charge in [0.2, 0.25) is 10.0 Å². The molecule has 0 atom stereocenters. The molecule has 2 rings (SSSR count). The molecule has 0 aromatic carbocycles. The van der Waals surface area contributed by atoms with E-state index in [1.165, 1.54) is 0 Å². The summed E-state index contributed by atoms with van der Waals surface area (Å²) >= 11 is 0. The van der Waals surface area contributed by atoms with Gasteiger partial charge in [0.15, 0.2) is 0 Å². The van der Waals surface area contributed by atoms with Crippen LogP contribution in [-0.4, -0.2) is 23.6 Å². The van der Waals surface area contributed by atoms with Gasteiger partial charge in [0.05, 0.1) is 25.7 Å². The van der Waals surface area contributed by atoms with Gasteiger partial charge in [0, 0.05) is 0 Å². The highest BCUT2D eigenvalue weighted by molar-refractivity contribution is 6.14. The van der Waals surface area contributed by atoms with Gasteiger partial charge < -0.3 is 0 Å². The highest BCUT2D eigenvalue weighted by atomic mass is 16.2. The van der Waals surface area contributed by atoms with E-state index in [-0.39, 0.29) is 25.7 Å². The third kappa shape index (κ3) is 1.19. The number of carbonyl (C=O) groups is 4. The van der Waals surface area contributed by atoms with E-state index in [4.69, 9.17) is 0 Å². The van der Waals surface area contributed by atoms with Crippen LogP contribution in [0.5, 0.6) is 0 Å². The predicted molar refractivity (Wildman–Crippen MR) is 42.8 cm³/mol. The van der Waals surface area contributed by atoms with Gasteiger partial charge in [0.25, 0.3) is 0 Å². The van der Waals surface area contributed by atoms with Crippen LogP contribution in [0.15, 0.2) is 0 Å². The zero-order chi connectivity index (χ0) is 10.3. The largest absolute Gasteiger partial charge is 0.432 e. The zero-order valence-corrected chi connectivity index (χ0v) is 7.36. The molecule has 6 nitrogen and oxygen atoms in total. The molecule has 4 amide bonds. The molecule has 0 unspecified atom stereocenters. The molecule has 2 aliphatic heterocycles. The molecule has 2 fully saturated rings. The van der Waals surface area contributed by atoms with E-state index < -0.39 is 23.6 Å². The molecule has 0 saturated carbocycles. The SMILES string of the molecule is O=C1CCC(=O)[N+]1[N+]1C(=O)CCC1=O. The van der Waals surface area contributed by atoms with Crippen molar-refractivity contribution in [1.29, 1.82) is 0 Å². The molecule has 6 heteroatoms. The first-order valence-corrected chi connectivity index (χ1v) is 4.33. The van der Waals surface area contributed by atoms with Gasteiger partial charge in [-0.15, -0.1) is 0 Å². The molecule has 14 heavy (non-hydrogen) atoms. The molecule has 0 aromatic heterocycles. The maximum atomic E-state index is 11.2. The van der Waals surface area contributed by atoms with Crippen molar-refractivity contribution in [1.82, 2.24) is 10.0 Å². The van der Waals surface area contributed by atoms with Crippen molar-refractivity contribution in [2.75, 3.05) is 0 Å². The predicted octanol–water partition coefficient (Wildman–Crippen LogP) is -1.12. The molecular formula is C8H8N2O4+2. The summed E-state index contributed by atoms with van der Waals surface area (Å²) in [6.07, 6.45) is 0.317. The monoisotopic (exact) mass is 196 g/mol. The standard InChI is InChI=1S/C8H8N2O4/c11-5-1-2-6(12)9(5)10-7(13)3-4-8(10)14/h1-4H2/q+2. The van der Waals surface area contributed by atoms with Crippen LogP contribution < -0.4 is 10.0 Å². The van der Waals surface area contributed by atoms with Gasteiger partial charge in [-0.25, -0.2) is 19.2 Å². The maximum Gasteiger partial charge on any atom is 0.432 e. The molecule has 0 aliphatic carbocycles. The summed E-state index contributed by atoms with van der Waals surface area (Å²) in [6, 6.07) is 0. The minimum absolute atomic E-state index is 0.0793. The number of rotatable bonds is 1. The first-order chi connectivity index (χ1) is 6.61. The average Bonchev–Trinajstić information content (AvgIpc) is 2.60. The summed E-state index contributed by atoms with van der Waals surface area (Å²) in [4.78, 5) is 44.9. The second-order valence-corrected chi connectivity index (χ2v) is 3.20. The summed E-state index contributed by atoms with van der Waals surface area (Å²) in [7, 11) is 0. The average molecular weight is 196 g/mol. The second-order valence-electron chi connectivity index (χ2n) is 3.20. The summed E-state index contributed by atoms with van der Waals surface area (Å²) in [5.74, 6) is -1.89. The first kappa shape index (κ1) is 9.17. The minimum atomic E-state index is -0.474. The molecule has 2 heterocycles. The summed E-state index contributed by atoms with van der Waals surface area (Å²) in [6.45, 7) is 0. The third-order valence-corrected chi connectivity index (χ3v) is 2.25. The van der Waals surface area contributed by atoms with Crippen molar-refractivity contribution in [3.63, 3.8) is 0 Å². The fourth-order valence-electron chi connectivity index (χ4n) is 1.58. The number of nitrogens with zero attached hydrogens (tertiary/aromatic N) is 2. The lowest BCUT2D eigenvalue weighted by atomic mass is 10.4. The van der Waals surface area contributed by atoms with Crippen LogP contribution in [0.2, 0.25) is 0 Å². The van der Waals surface area contributed by atoms with E-state index in [9.17, 15) is 19.2 Å². The molecular weight excluding hydrogens is 188 g/mol. The van der Waals surface area contributed by atoms with Crippen LogP contribution in [0.3, 0.4) is 0 Å². The third-order valence-electron chi connectivity index (χ3n) is 2.25. The number of imide groups is 2. The number of amides is 4. The second kappa shape index (κ2) is 3.07. The topological polar surface area (TPSA) is 80.1 Å². The lowest BCUT2D eigenvalue weighted by molar-refractivity contribution is -0.151. The Morgan fingerprint density at radius 1 is 0.571 bits per heavy atom. The van der Waals surface area contributed by atoms with E-state index in [0.29, 0.717) is 10.0 Å². The Hall–Kier alpha value is -1.40. The number of hydrogen-bond donors (Lipinski definition) is 0. The molecule has 0 bridgehead atoms. The quantitative estimate of drug-likeness (QED) is 0.393. The van der Waals surface area contributed by atoms with Crippen LogP contribution in [0, 0.1) is 0 Å². The minimum Gasteiger partial charge on any atom is -0.218 e. The Morgan fingerprint density at radius 3 is 1.00 bits per heavy atom. The molecule has 0 spiro atoms. The molecule has 0 N–H and O–H groups in total. The van der Waals surface area contributed by atoms with E-state index >= 15 is 0 Å². The van der Waals surface area contributed by atoms with Gasteiger partial charge in [-0.1, -0.05) is 0 Å². The highest BCUT2D eigenvalue weighted by Crippen LogP contribution is 2.16. The van der Waals surface area contributed by atoms with E-state index in [1.807, 2.05) is 0 Å². The fourth-order valence-corrected chi connectivity index (χ4v) is 1.58. The van der Waals surface area contributed by atoms with Crippen molar-refractivity contribution >= 4 is 23.6 Å². The lowest BCUT2D eigenvalue weighted by Crippen LogP contribution is -2.58. The number of carbonyl (C=O) groups excluding carboxylic acids is 4. The van der Waals surface area contributed by atoms with E-state index in [2.05, 4.69) is 0 Å². The van der Waals surface area contributed by atoms with Crippen LogP contribution >= 0.6 is 0 Å². The van der Waals surface area contributed by atoms with Gasteiger partial charge in [-0.2, -0.15) is 0 Å². The van der Waals surface area contributed by atoms with Crippen molar-refractivity contribution in [3.05, 3.63) is 0 Å². The van der Waals surface area contributed by atoms with Crippen LogP contribution in [0.4, 0.5) is 0 Å². The molecule has 0 aromatic rings. The molecule has 2 aliphatic rings. The molecule has 2 saturated heterocycles. The van der Waals surface area contributed by atoms with Gasteiger partial charge in [-0.05, 0) is 0 Å². The normalized spacial score (nSPS) is 25.4. The Bertz CT molecular complexity index is 283.